The fourth-order valence-electron chi connectivity index (χ4n) is 2.75. The molecule has 6 heteroatoms. The lowest BCUT2D eigenvalue weighted by Crippen LogP contribution is -2.31. The number of aromatic nitrogens is 1. The SMILES string of the molecule is Cc1cccc(O[C@@H](C)C(=O)Nc2ccccc2C(=O)NCc2cccnc2)c1. The van der Waals surface area contributed by atoms with Crippen molar-refractivity contribution in [2.24, 2.45) is 0 Å². The Bertz CT molecular complexity index is 989. The molecule has 0 unspecified atom stereocenters. The van der Waals surface area contributed by atoms with Crippen molar-refractivity contribution >= 4 is 17.5 Å². The molecule has 29 heavy (non-hydrogen) atoms. The van der Waals surface area contributed by atoms with Crippen molar-refractivity contribution in [3.05, 3.63) is 89.7 Å². The summed E-state index contributed by atoms with van der Waals surface area (Å²) >= 11 is 0. The van der Waals surface area contributed by atoms with Crippen LogP contribution in [0.4, 0.5) is 5.69 Å². The summed E-state index contributed by atoms with van der Waals surface area (Å²) in [7, 11) is 0. The van der Waals surface area contributed by atoms with Gasteiger partial charge in [0.25, 0.3) is 11.8 Å². The van der Waals surface area contributed by atoms with Gasteiger partial charge in [-0.3, -0.25) is 14.6 Å². The van der Waals surface area contributed by atoms with Crippen molar-refractivity contribution < 1.29 is 14.3 Å². The number of ether oxygens (including phenoxy) is 1. The summed E-state index contributed by atoms with van der Waals surface area (Å²) in [5, 5.41) is 5.63. The Labute approximate surface area is 169 Å². The van der Waals surface area contributed by atoms with E-state index in [9.17, 15) is 9.59 Å². The lowest BCUT2D eigenvalue weighted by molar-refractivity contribution is -0.122. The van der Waals surface area contributed by atoms with E-state index in [2.05, 4.69) is 15.6 Å². The number of anilines is 1. The maximum Gasteiger partial charge on any atom is 0.265 e. The van der Waals surface area contributed by atoms with Gasteiger partial charge in [-0.05, 0) is 55.3 Å². The minimum atomic E-state index is -0.719. The van der Waals surface area contributed by atoms with Gasteiger partial charge in [0.05, 0.1) is 11.3 Å². The van der Waals surface area contributed by atoms with Crippen LogP contribution in [0.5, 0.6) is 5.75 Å². The molecule has 1 aromatic heterocycles. The number of aryl methyl sites for hydroxylation is 1. The van der Waals surface area contributed by atoms with Crippen molar-refractivity contribution in [1.29, 1.82) is 0 Å². The Morgan fingerprint density at radius 3 is 2.66 bits per heavy atom. The van der Waals surface area contributed by atoms with Crippen LogP contribution in [-0.4, -0.2) is 22.9 Å². The molecule has 2 N–H and O–H groups in total. The summed E-state index contributed by atoms with van der Waals surface area (Å²) in [5.41, 5.74) is 2.75. The average Bonchev–Trinajstić information content (AvgIpc) is 2.73. The van der Waals surface area contributed by atoms with E-state index >= 15 is 0 Å². The predicted octanol–water partition coefficient (Wildman–Crippen LogP) is 3.73. The van der Waals surface area contributed by atoms with Gasteiger partial charge in [0.2, 0.25) is 0 Å². The van der Waals surface area contributed by atoms with Crippen LogP contribution >= 0.6 is 0 Å². The molecule has 0 bridgehead atoms. The van der Waals surface area contributed by atoms with Gasteiger partial charge in [-0.25, -0.2) is 0 Å². The number of benzene rings is 2. The van der Waals surface area contributed by atoms with Gasteiger partial charge in [0.15, 0.2) is 6.10 Å². The second-order valence-electron chi connectivity index (χ2n) is 6.66. The minimum absolute atomic E-state index is 0.281. The molecule has 3 rings (SSSR count). The van der Waals surface area contributed by atoms with Crippen LogP contribution < -0.4 is 15.4 Å². The first kappa shape index (κ1) is 20.1. The number of para-hydroxylation sites is 1. The molecule has 2 amide bonds. The van der Waals surface area contributed by atoms with Gasteiger partial charge in [-0.1, -0.05) is 30.3 Å². The molecule has 0 aliphatic heterocycles. The number of carbonyl (C=O) groups excluding carboxylic acids is 2. The largest absolute Gasteiger partial charge is 0.481 e. The molecule has 3 aromatic rings. The van der Waals surface area contributed by atoms with E-state index in [-0.39, 0.29) is 11.8 Å². The van der Waals surface area contributed by atoms with Crippen LogP contribution in [-0.2, 0) is 11.3 Å². The second kappa shape index (κ2) is 9.50. The minimum Gasteiger partial charge on any atom is -0.481 e. The summed E-state index contributed by atoms with van der Waals surface area (Å²) in [4.78, 5) is 29.2. The third-order valence-electron chi connectivity index (χ3n) is 4.28. The predicted molar refractivity (Wildman–Crippen MR) is 112 cm³/mol. The molecule has 0 fully saturated rings. The molecule has 2 aromatic carbocycles. The molecule has 1 heterocycles. The average molecular weight is 389 g/mol. The number of carbonyl (C=O) groups is 2. The third kappa shape index (κ3) is 5.65. The monoisotopic (exact) mass is 389 g/mol. The highest BCUT2D eigenvalue weighted by Crippen LogP contribution is 2.18. The maximum atomic E-state index is 12.6. The van der Waals surface area contributed by atoms with E-state index < -0.39 is 6.10 Å². The highest BCUT2D eigenvalue weighted by atomic mass is 16.5. The Morgan fingerprint density at radius 1 is 1.07 bits per heavy atom. The Hall–Kier alpha value is -3.67. The summed E-state index contributed by atoms with van der Waals surface area (Å²) in [5.74, 6) is 0.00572. The number of amides is 2. The van der Waals surface area contributed by atoms with Gasteiger partial charge in [-0.15, -0.1) is 0 Å². The lowest BCUT2D eigenvalue weighted by atomic mass is 10.1. The Balaban J connectivity index is 1.64. The second-order valence-corrected chi connectivity index (χ2v) is 6.66. The van der Waals surface area contributed by atoms with E-state index in [1.165, 1.54) is 0 Å². The van der Waals surface area contributed by atoms with Gasteiger partial charge in [0.1, 0.15) is 5.75 Å². The molecule has 6 nitrogen and oxygen atoms in total. The number of pyridine rings is 1. The van der Waals surface area contributed by atoms with Crippen molar-refractivity contribution in [3.63, 3.8) is 0 Å². The van der Waals surface area contributed by atoms with Crippen LogP contribution in [0.25, 0.3) is 0 Å². The molecule has 0 saturated carbocycles. The zero-order valence-corrected chi connectivity index (χ0v) is 16.4. The van der Waals surface area contributed by atoms with Crippen molar-refractivity contribution in [2.75, 3.05) is 5.32 Å². The standard InChI is InChI=1S/C23H23N3O3/c1-16-7-5-9-19(13-16)29-17(2)22(27)26-21-11-4-3-10-20(21)23(28)25-15-18-8-6-12-24-14-18/h3-14,17H,15H2,1-2H3,(H,25,28)(H,26,27)/t17-/m0/s1. The number of hydrogen-bond acceptors (Lipinski definition) is 4. The van der Waals surface area contributed by atoms with Crippen molar-refractivity contribution in [1.82, 2.24) is 10.3 Å². The van der Waals surface area contributed by atoms with E-state index in [1.54, 1.807) is 49.6 Å². The first-order valence-electron chi connectivity index (χ1n) is 9.33. The van der Waals surface area contributed by atoms with Crippen molar-refractivity contribution in [3.8, 4) is 5.75 Å². The third-order valence-corrected chi connectivity index (χ3v) is 4.28. The number of rotatable bonds is 7. The number of hydrogen-bond donors (Lipinski definition) is 2. The van der Waals surface area contributed by atoms with Gasteiger partial charge in [0, 0.05) is 18.9 Å². The number of nitrogens with one attached hydrogen (secondary N) is 2. The summed E-state index contributed by atoms with van der Waals surface area (Å²) in [6.07, 6.45) is 2.65. The van der Waals surface area contributed by atoms with Crippen molar-refractivity contribution in [2.45, 2.75) is 26.5 Å². The zero-order chi connectivity index (χ0) is 20.6. The molecule has 0 saturated heterocycles. The normalized spacial score (nSPS) is 11.4. The smallest absolute Gasteiger partial charge is 0.265 e. The van der Waals surface area contributed by atoms with Crippen LogP contribution in [0.15, 0.2) is 73.1 Å². The fourth-order valence-corrected chi connectivity index (χ4v) is 2.75. The summed E-state index contributed by atoms with van der Waals surface area (Å²) in [6, 6.07) is 18.1. The molecule has 0 spiro atoms. The fraction of sp³-hybridized carbons (Fsp3) is 0.174. The molecule has 0 aliphatic carbocycles. The van der Waals surface area contributed by atoms with E-state index in [0.717, 1.165) is 11.1 Å². The Kier molecular flexibility index (Phi) is 6.58. The first-order chi connectivity index (χ1) is 14.0. The molecule has 1 atom stereocenters. The lowest BCUT2D eigenvalue weighted by Gasteiger charge is -2.16. The van der Waals surface area contributed by atoms with Crippen LogP contribution in [0, 0.1) is 6.92 Å². The van der Waals surface area contributed by atoms with Crippen LogP contribution in [0.1, 0.15) is 28.4 Å². The first-order valence-corrected chi connectivity index (χ1v) is 9.33. The molecular formula is C23H23N3O3. The highest BCUT2D eigenvalue weighted by Gasteiger charge is 2.18. The van der Waals surface area contributed by atoms with Gasteiger partial charge in [-0.2, -0.15) is 0 Å². The molecular weight excluding hydrogens is 366 g/mol. The highest BCUT2D eigenvalue weighted by molar-refractivity contribution is 6.04. The number of nitrogens with zero attached hydrogens (tertiary/aromatic N) is 1. The molecule has 0 aliphatic rings. The van der Waals surface area contributed by atoms with Crippen LogP contribution in [0.2, 0.25) is 0 Å². The quantitative estimate of drug-likeness (QED) is 0.645. The van der Waals surface area contributed by atoms with Gasteiger partial charge < -0.3 is 15.4 Å². The van der Waals surface area contributed by atoms with E-state index in [1.807, 2.05) is 37.3 Å². The van der Waals surface area contributed by atoms with Gasteiger partial charge >= 0.3 is 0 Å². The molecule has 0 radical (unpaired) electrons. The maximum absolute atomic E-state index is 12.6. The summed E-state index contributed by atoms with van der Waals surface area (Å²) < 4.78 is 5.72. The molecule has 148 valence electrons. The topological polar surface area (TPSA) is 80.3 Å². The van der Waals surface area contributed by atoms with E-state index in [4.69, 9.17) is 4.74 Å². The zero-order valence-electron chi connectivity index (χ0n) is 16.4. The van der Waals surface area contributed by atoms with E-state index in [0.29, 0.717) is 23.5 Å². The summed E-state index contributed by atoms with van der Waals surface area (Å²) in [6.45, 7) is 3.97. The van der Waals surface area contributed by atoms with Crippen LogP contribution in [0.3, 0.4) is 0 Å². The Morgan fingerprint density at radius 2 is 1.90 bits per heavy atom.